The molecule has 0 aromatic heterocycles. The number of aliphatic hydroxyl groups excluding tert-OH is 3. The molecule has 0 aliphatic carbocycles. The molecule has 6 nitrogen and oxygen atoms in total. The minimum atomic E-state index is -2.90. The minimum Gasteiger partial charge on any atom is -0.394 e. The van der Waals surface area contributed by atoms with Crippen LogP contribution in [0.1, 0.15) is 6.42 Å². The Labute approximate surface area is 112 Å². The Morgan fingerprint density at radius 3 is 2.06 bits per heavy atom. The molecule has 1 unspecified atom stereocenters. The van der Waals surface area contributed by atoms with E-state index < -0.39 is 34.0 Å². The number of alkyl halides is 3. The van der Waals surface area contributed by atoms with E-state index >= 15 is 0 Å². The predicted octanol–water partition coefficient (Wildman–Crippen LogP) is -1.09. The summed E-state index contributed by atoms with van der Waals surface area (Å²) >= 11 is 16.9. The first-order chi connectivity index (χ1) is 7.60. The van der Waals surface area contributed by atoms with Gasteiger partial charge in [-0.3, -0.25) is 0 Å². The molecule has 1 saturated heterocycles. The van der Waals surface area contributed by atoms with Crippen LogP contribution in [0.3, 0.4) is 0 Å². The summed E-state index contributed by atoms with van der Waals surface area (Å²) in [5.41, 5.74) is 0. The molecular formula is C8H13Cl3O6. The Kier molecular flexibility index (Phi) is 4.57. The van der Waals surface area contributed by atoms with Gasteiger partial charge in [0.25, 0.3) is 0 Å². The maximum Gasteiger partial charge on any atom is 0.227 e. The molecule has 0 aromatic carbocycles. The van der Waals surface area contributed by atoms with Crippen LogP contribution in [0.15, 0.2) is 0 Å². The fourth-order valence-electron chi connectivity index (χ4n) is 1.36. The highest BCUT2D eigenvalue weighted by atomic mass is 35.5. The minimum absolute atomic E-state index is 0.0888. The first-order valence-electron chi connectivity index (χ1n) is 4.72. The quantitative estimate of drug-likeness (QED) is 0.413. The lowest BCUT2D eigenvalue weighted by Gasteiger charge is -2.50. The van der Waals surface area contributed by atoms with Crippen LogP contribution in [0.5, 0.6) is 0 Å². The molecule has 5 N–H and O–H groups in total. The lowest BCUT2D eigenvalue weighted by molar-refractivity contribution is -0.237. The van der Waals surface area contributed by atoms with Crippen molar-refractivity contribution in [2.24, 2.45) is 0 Å². The van der Waals surface area contributed by atoms with Crippen LogP contribution in [0, 0.1) is 0 Å². The maximum atomic E-state index is 9.91. The second-order valence-electron chi connectivity index (χ2n) is 3.82. The van der Waals surface area contributed by atoms with E-state index in [4.69, 9.17) is 44.6 Å². The molecule has 1 aliphatic rings. The van der Waals surface area contributed by atoms with Gasteiger partial charge in [-0.2, -0.15) is 0 Å². The third kappa shape index (κ3) is 2.39. The van der Waals surface area contributed by atoms with E-state index in [0.717, 1.165) is 0 Å². The summed E-state index contributed by atoms with van der Waals surface area (Å²) in [6, 6.07) is 0. The van der Waals surface area contributed by atoms with Crippen LogP contribution >= 0.6 is 34.8 Å². The zero-order valence-electron chi connectivity index (χ0n) is 8.55. The van der Waals surface area contributed by atoms with Crippen molar-refractivity contribution in [3.63, 3.8) is 0 Å². The van der Waals surface area contributed by atoms with Gasteiger partial charge >= 0.3 is 0 Å². The molecule has 0 saturated carbocycles. The molecule has 0 spiro atoms. The van der Waals surface area contributed by atoms with Crippen molar-refractivity contribution in [2.45, 2.75) is 33.8 Å². The van der Waals surface area contributed by atoms with E-state index in [-0.39, 0.29) is 13.0 Å². The van der Waals surface area contributed by atoms with Crippen molar-refractivity contribution in [1.29, 1.82) is 0 Å². The van der Waals surface area contributed by atoms with E-state index in [1.807, 2.05) is 0 Å². The average Bonchev–Trinajstić information content (AvgIpc) is 2.22. The summed E-state index contributed by atoms with van der Waals surface area (Å²) in [5, 5.41) is 39.5. The highest BCUT2D eigenvalue weighted by Gasteiger charge is 2.67. The molecule has 9 heteroatoms. The van der Waals surface area contributed by atoms with Crippen molar-refractivity contribution < 1.29 is 30.3 Å². The Balaban J connectivity index is 2.95. The Hall–Kier alpha value is 0.630. The summed E-state index contributed by atoms with van der Waals surface area (Å²) in [6.45, 7) is -0.691. The molecule has 0 radical (unpaired) electrons. The number of rotatable bonds is 5. The summed E-state index contributed by atoms with van der Waals surface area (Å²) < 4.78 is 4.82. The van der Waals surface area contributed by atoms with E-state index in [1.54, 1.807) is 0 Å². The molecule has 102 valence electrons. The summed E-state index contributed by atoms with van der Waals surface area (Å²) in [7, 11) is 0. The van der Waals surface area contributed by atoms with E-state index in [2.05, 4.69) is 0 Å². The fourth-order valence-corrected chi connectivity index (χ4v) is 2.26. The molecule has 1 fully saturated rings. The second-order valence-corrected chi connectivity index (χ2v) is 5.55. The van der Waals surface area contributed by atoms with Crippen molar-refractivity contribution in [3.05, 3.63) is 0 Å². The lowest BCUT2D eigenvalue weighted by atomic mass is 9.93. The highest BCUT2D eigenvalue weighted by molar-refractivity contribution is 6.39. The Bertz CT molecular complexity index is 280. The molecule has 1 rings (SSSR count). The van der Waals surface area contributed by atoms with Gasteiger partial charge < -0.3 is 30.3 Å². The molecule has 5 atom stereocenters. The monoisotopic (exact) mass is 310 g/mol. The van der Waals surface area contributed by atoms with Crippen molar-refractivity contribution >= 4 is 34.8 Å². The Morgan fingerprint density at radius 1 is 1.29 bits per heavy atom. The van der Waals surface area contributed by atoms with Crippen LogP contribution in [0.2, 0.25) is 0 Å². The van der Waals surface area contributed by atoms with Gasteiger partial charge in [0.05, 0.1) is 13.2 Å². The van der Waals surface area contributed by atoms with E-state index in [1.165, 1.54) is 0 Å². The number of halogens is 3. The zero-order chi connectivity index (χ0) is 13.5. The molecule has 0 aromatic rings. The summed E-state index contributed by atoms with van der Waals surface area (Å²) in [5.74, 6) is 0. The molecule has 1 heterocycles. The van der Waals surface area contributed by atoms with Crippen molar-refractivity contribution in [2.75, 3.05) is 13.2 Å². The molecule has 0 bridgehead atoms. The van der Waals surface area contributed by atoms with Crippen LogP contribution in [0.25, 0.3) is 0 Å². The van der Waals surface area contributed by atoms with Crippen LogP contribution in [-0.2, 0) is 4.74 Å². The molecule has 17 heavy (non-hydrogen) atoms. The Morgan fingerprint density at radius 2 is 1.76 bits per heavy atom. The van der Waals surface area contributed by atoms with Gasteiger partial charge in [0.15, 0.2) is 5.06 Å². The highest BCUT2D eigenvalue weighted by Crippen LogP contribution is 2.51. The predicted molar refractivity (Wildman–Crippen MR) is 59.9 cm³/mol. The summed E-state index contributed by atoms with van der Waals surface area (Å²) in [6.07, 6.45) is -3.84. The number of aliphatic hydroxyl groups is 5. The summed E-state index contributed by atoms with van der Waals surface area (Å²) in [4.78, 5) is 0. The largest absolute Gasteiger partial charge is 0.394 e. The molecule has 0 amide bonds. The average molecular weight is 312 g/mol. The van der Waals surface area contributed by atoms with Crippen LogP contribution < -0.4 is 0 Å². The number of hydrogen-bond donors (Lipinski definition) is 5. The van der Waals surface area contributed by atoms with Crippen molar-refractivity contribution in [3.8, 4) is 0 Å². The number of hydrogen-bond acceptors (Lipinski definition) is 6. The standard InChI is InChI=1S/C8H13Cl3O6/c9-6(1-2-17-6)8(11,16)7(10,15)5(14)4(13)3-12/h4-5,12-16H,1-3H2/t4-,5-,6?,7+,8+/m1/s1. The topological polar surface area (TPSA) is 110 Å². The first kappa shape index (κ1) is 15.7. The first-order valence-corrected chi connectivity index (χ1v) is 5.86. The zero-order valence-corrected chi connectivity index (χ0v) is 10.8. The van der Waals surface area contributed by atoms with Crippen molar-refractivity contribution in [1.82, 2.24) is 0 Å². The van der Waals surface area contributed by atoms with Gasteiger partial charge in [0.2, 0.25) is 10.1 Å². The van der Waals surface area contributed by atoms with Gasteiger partial charge in [-0.25, -0.2) is 0 Å². The van der Waals surface area contributed by atoms with Crippen LogP contribution in [0.4, 0.5) is 0 Å². The molecular weight excluding hydrogens is 298 g/mol. The van der Waals surface area contributed by atoms with E-state index in [0.29, 0.717) is 0 Å². The second kappa shape index (κ2) is 4.96. The van der Waals surface area contributed by atoms with Gasteiger partial charge in [0, 0.05) is 6.42 Å². The molecule has 1 aliphatic heterocycles. The number of ether oxygens (including phenoxy) is 1. The smallest absolute Gasteiger partial charge is 0.227 e. The van der Waals surface area contributed by atoms with Gasteiger partial charge in [-0.15, -0.1) is 0 Å². The van der Waals surface area contributed by atoms with E-state index in [9.17, 15) is 20.4 Å². The van der Waals surface area contributed by atoms with Gasteiger partial charge in [-0.1, -0.05) is 34.8 Å². The fraction of sp³-hybridized carbons (Fsp3) is 1.00. The maximum absolute atomic E-state index is 9.91. The lowest BCUT2D eigenvalue weighted by Crippen LogP contribution is -2.69. The van der Waals surface area contributed by atoms with Gasteiger partial charge in [-0.05, 0) is 0 Å². The SMILES string of the molecule is OC[C@@H](O)[C@@H](O)[C@@](O)(Cl)[C@](O)(Cl)C1(Cl)CCO1. The van der Waals surface area contributed by atoms with Gasteiger partial charge in [0.1, 0.15) is 12.2 Å². The third-order valence-electron chi connectivity index (χ3n) is 2.66. The normalized spacial score (nSPS) is 35.3. The third-order valence-corrected chi connectivity index (χ3v) is 4.51. The van der Waals surface area contributed by atoms with Crippen LogP contribution in [-0.4, -0.2) is 66.1 Å².